The second kappa shape index (κ2) is 4.72. The quantitative estimate of drug-likeness (QED) is 0.779. The molecule has 0 fully saturated rings. The van der Waals surface area contributed by atoms with Crippen LogP contribution < -0.4 is 5.32 Å². The summed E-state index contributed by atoms with van der Waals surface area (Å²) < 4.78 is 2.11. The van der Waals surface area contributed by atoms with Crippen molar-refractivity contribution in [1.82, 2.24) is 14.4 Å². The Morgan fingerprint density at radius 1 is 1.21 bits per heavy atom. The van der Waals surface area contributed by atoms with Gasteiger partial charge in [-0.25, -0.2) is 4.98 Å². The molecule has 0 saturated heterocycles. The highest BCUT2D eigenvalue weighted by Gasteiger charge is 2.03. The van der Waals surface area contributed by atoms with Gasteiger partial charge in [-0.1, -0.05) is 6.07 Å². The van der Waals surface area contributed by atoms with Gasteiger partial charge in [-0.15, -0.1) is 0 Å². The topological polar surface area (TPSA) is 42.2 Å². The summed E-state index contributed by atoms with van der Waals surface area (Å²) in [4.78, 5) is 8.78. The van der Waals surface area contributed by atoms with Crippen molar-refractivity contribution in [2.24, 2.45) is 0 Å². The van der Waals surface area contributed by atoms with Crippen LogP contribution in [0.5, 0.6) is 0 Å². The lowest BCUT2D eigenvalue weighted by Gasteiger charge is -2.04. The lowest BCUT2D eigenvalue weighted by Crippen LogP contribution is -2.00. The average Bonchev–Trinajstić information content (AvgIpc) is 2.81. The van der Waals surface area contributed by atoms with Gasteiger partial charge in [0.05, 0.1) is 12.2 Å². The van der Waals surface area contributed by atoms with Gasteiger partial charge in [0.25, 0.3) is 0 Å². The van der Waals surface area contributed by atoms with Crippen LogP contribution in [0.15, 0.2) is 42.7 Å². The van der Waals surface area contributed by atoms with Crippen LogP contribution in [0, 0.1) is 13.8 Å². The molecule has 1 N–H and O–H groups in total. The van der Waals surface area contributed by atoms with Crippen molar-refractivity contribution < 1.29 is 0 Å². The zero-order valence-electron chi connectivity index (χ0n) is 11.1. The van der Waals surface area contributed by atoms with Crippen LogP contribution in [0.4, 0.5) is 5.69 Å². The third-order valence-corrected chi connectivity index (χ3v) is 3.12. The van der Waals surface area contributed by atoms with E-state index in [9.17, 15) is 0 Å². The van der Waals surface area contributed by atoms with Gasteiger partial charge in [0.2, 0.25) is 0 Å². The molecule has 0 aromatic carbocycles. The highest BCUT2D eigenvalue weighted by atomic mass is 15.0. The Balaban J connectivity index is 1.80. The fourth-order valence-corrected chi connectivity index (χ4v) is 2.13. The highest BCUT2D eigenvalue weighted by Crippen LogP contribution is 2.11. The summed E-state index contributed by atoms with van der Waals surface area (Å²) in [6, 6.07) is 10.1. The number of anilines is 1. The van der Waals surface area contributed by atoms with Gasteiger partial charge in [0.15, 0.2) is 0 Å². The molecule has 3 heterocycles. The summed E-state index contributed by atoms with van der Waals surface area (Å²) >= 11 is 0. The molecule has 0 aliphatic rings. The molecule has 4 nitrogen and oxygen atoms in total. The number of imidazole rings is 1. The second-order valence-electron chi connectivity index (χ2n) is 4.67. The smallest absolute Gasteiger partial charge is 0.137 e. The van der Waals surface area contributed by atoms with Crippen LogP contribution in [-0.2, 0) is 6.54 Å². The first-order valence-corrected chi connectivity index (χ1v) is 6.32. The number of fused-ring (bicyclic) bond motifs is 1. The van der Waals surface area contributed by atoms with E-state index in [1.54, 1.807) is 0 Å². The predicted octanol–water partition coefficient (Wildman–Crippen LogP) is 2.96. The normalized spacial score (nSPS) is 10.8. The van der Waals surface area contributed by atoms with Crippen LogP contribution in [0.25, 0.3) is 5.65 Å². The Morgan fingerprint density at radius 2 is 2.11 bits per heavy atom. The second-order valence-corrected chi connectivity index (χ2v) is 4.67. The van der Waals surface area contributed by atoms with Gasteiger partial charge < -0.3 is 9.72 Å². The molecule has 19 heavy (non-hydrogen) atoms. The van der Waals surface area contributed by atoms with Crippen molar-refractivity contribution >= 4 is 11.3 Å². The molecule has 0 amide bonds. The predicted molar refractivity (Wildman–Crippen MR) is 76.2 cm³/mol. The van der Waals surface area contributed by atoms with Crippen LogP contribution in [0.2, 0.25) is 0 Å². The fourth-order valence-electron chi connectivity index (χ4n) is 2.13. The molecule has 0 atom stereocenters. The van der Waals surface area contributed by atoms with E-state index in [0.29, 0.717) is 6.54 Å². The van der Waals surface area contributed by atoms with Gasteiger partial charge in [0, 0.05) is 29.5 Å². The van der Waals surface area contributed by atoms with Crippen molar-refractivity contribution in [2.75, 3.05) is 5.32 Å². The Morgan fingerprint density at radius 3 is 2.89 bits per heavy atom. The SMILES string of the molecule is Cc1cc(NCc2cn3c(C)cccc3n2)ccn1. The number of pyridine rings is 2. The maximum absolute atomic E-state index is 4.60. The van der Waals surface area contributed by atoms with E-state index in [0.717, 1.165) is 22.7 Å². The van der Waals surface area contributed by atoms with E-state index >= 15 is 0 Å². The number of hydrogen-bond acceptors (Lipinski definition) is 3. The third kappa shape index (κ3) is 2.42. The molecule has 0 spiro atoms. The first-order valence-electron chi connectivity index (χ1n) is 6.32. The van der Waals surface area contributed by atoms with Crippen molar-refractivity contribution in [3.63, 3.8) is 0 Å². The zero-order chi connectivity index (χ0) is 13.2. The number of aryl methyl sites for hydroxylation is 2. The standard InChI is InChI=1S/C15H16N4/c1-11-8-13(6-7-16-11)17-9-14-10-19-12(2)4-3-5-15(19)18-14/h3-8,10H,9H2,1-2H3,(H,16,17). The Labute approximate surface area is 112 Å². The molecule has 0 unspecified atom stereocenters. The lowest BCUT2D eigenvalue weighted by molar-refractivity contribution is 1.06. The molecule has 0 radical (unpaired) electrons. The molecular weight excluding hydrogens is 236 g/mol. The van der Waals surface area contributed by atoms with Crippen LogP contribution in [0.1, 0.15) is 17.1 Å². The molecule has 3 aromatic heterocycles. The van der Waals surface area contributed by atoms with E-state index in [-0.39, 0.29) is 0 Å². The maximum Gasteiger partial charge on any atom is 0.137 e. The monoisotopic (exact) mass is 252 g/mol. The molecule has 0 saturated carbocycles. The van der Waals surface area contributed by atoms with Gasteiger partial charge in [-0.2, -0.15) is 0 Å². The summed E-state index contributed by atoms with van der Waals surface area (Å²) in [5.41, 5.74) is 5.29. The summed E-state index contributed by atoms with van der Waals surface area (Å²) in [6.07, 6.45) is 3.89. The first kappa shape index (κ1) is 11.7. The fraction of sp³-hybridized carbons (Fsp3) is 0.200. The average molecular weight is 252 g/mol. The first-order chi connectivity index (χ1) is 9.22. The minimum absolute atomic E-state index is 0.713. The lowest BCUT2D eigenvalue weighted by atomic mass is 10.3. The minimum Gasteiger partial charge on any atom is -0.379 e. The van der Waals surface area contributed by atoms with Crippen LogP contribution in [-0.4, -0.2) is 14.4 Å². The summed E-state index contributed by atoms with van der Waals surface area (Å²) in [7, 11) is 0. The van der Waals surface area contributed by atoms with Gasteiger partial charge in [-0.3, -0.25) is 4.98 Å². The van der Waals surface area contributed by atoms with Crippen LogP contribution >= 0.6 is 0 Å². The van der Waals surface area contributed by atoms with Crippen molar-refractivity contribution in [3.8, 4) is 0 Å². The summed E-state index contributed by atoms with van der Waals surface area (Å²) in [5.74, 6) is 0. The highest BCUT2D eigenvalue weighted by molar-refractivity contribution is 5.45. The van der Waals surface area contributed by atoms with E-state index in [1.165, 1.54) is 5.69 Å². The Hall–Kier alpha value is -2.36. The summed E-state index contributed by atoms with van der Waals surface area (Å²) in [5, 5.41) is 3.37. The molecule has 0 bridgehead atoms. The third-order valence-electron chi connectivity index (χ3n) is 3.12. The molecule has 0 aliphatic carbocycles. The zero-order valence-corrected chi connectivity index (χ0v) is 11.1. The van der Waals surface area contributed by atoms with Crippen molar-refractivity contribution in [1.29, 1.82) is 0 Å². The van der Waals surface area contributed by atoms with Gasteiger partial charge in [0.1, 0.15) is 5.65 Å². The Kier molecular flexibility index (Phi) is 2.91. The number of aromatic nitrogens is 3. The molecule has 96 valence electrons. The van der Waals surface area contributed by atoms with E-state index in [2.05, 4.69) is 38.9 Å². The molecule has 3 aromatic rings. The molecular formula is C15H16N4. The van der Waals surface area contributed by atoms with Gasteiger partial charge in [-0.05, 0) is 38.1 Å². The van der Waals surface area contributed by atoms with E-state index < -0.39 is 0 Å². The number of nitrogens with one attached hydrogen (secondary N) is 1. The Bertz CT molecular complexity index is 715. The van der Waals surface area contributed by atoms with E-state index in [1.807, 2.05) is 37.4 Å². The largest absolute Gasteiger partial charge is 0.379 e. The van der Waals surface area contributed by atoms with Gasteiger partial charge >= 0.3 is 0 Å². The number of nitrogens with zero attached hydrogens (tertiary/aromatic N) is 3. The van der Waals surface area contributed by atoms with Crippen LogP contribution in [0.3, 0.4) is 0 Å². The molecule has 3 rings (SSSR count). The van der Waals surface area contributed by atoms with E-state index in [4.69, 9.17) is 0 Å². The van der Waals surface area contributed by atoms with Crippen molar-refractivity contribution in [3.05, 3.63) is 59.8 Å². The van der Waals surface area contributed by atoms with Crippen molar-refractivity contribution in [2.45, 2.75) is 20.4 Å². The minimum atomic E-state index is 0.713. The molecule has 4 heteroatoms. The maximum atomic E-state index is 4.60. The number of hydrogen-bond donors (Lipinski definition) is 1. The summed E-state index contributed by atoms with van der Waals surface area (Å²) in [6.45, 7) is 4.78. The number of rotatable bonds is 3. The molecule has 0 aliphatic heterocycles.